The van der Waals surface area contributed by atoms with E-state index in [-0.39, 0.29) is 0 Å². The molecule has 0 unspecified atom stereocenters. The van der Waals surface area contributed by atoms with Crippen LogP contribution < -0.4 is 11.2 Å². The Morgan fingerprint density at radius 3 is 2.76 bits per heavy atom. The first kappa shape index (κ1) is 10.2. The molecule has 86 valence electrons. The molecule has 0 saturated heterocycles. The first-order chi connectivity index (χ1) is 8.31. The molecule has 0 bridgehead atoms. The van der Waals surface area contributed by atoms with Gasteiger partial charge >= 0.3 is 0 Å². The molecule has 1 aliphatic rings. The van der Waals surface area contributed by atoms with Crippen molar-refractivity contribution in [3.63, 3.8) is 0 Å². The predicted octanol–water partition coefficient (Wildman–Crippen LogP) is 2.61. The van der Waals surface area contributed by atoms with Crippen LogP contribution in [-0.2, 0) is 13.1 Å². The molecule has 0 aromatic heterocycles. The zero-order chi connectivity index (χ0) is 11.7. The van der Waals surface area contributed by atoms with Crippen LogP contribution in [0.5, 0.6) is 0 Å². The molecule has 2 aromatic carbocycles. The lowest BCUT2D eigenvalue weighted by atomic mass is 10.2. The third-order valence-electron chi connectivity index (χ3n) is 2.99. The van der Waals surface area contributed by atoms with Gasteiger partial charge in [0.25, 0.3) is 0 Å². The van der Waals surface area contributed by atoms with Crippen LogP contribution in [0, 0.1) is 0 Å². The van der Waals surface area contributed by atoms with E-state index < -0.39 is 0 Å². The first-order valence-electron chi connectivity index (χ1n) is 5.75. The van der Waals surface area contributed by atoms with Gasteiger partial charge in [0, 0.05) is 18.8 Å². The molecular weight excluding hydrogens is 210 g/mol. The van der Waals surface area contributed by atoms with Gasteiger partial charge in [0.15, 0.2) is 0 Å². The van der Waals surface area contributed by atoms with Crippen LogP contribution in [0.3, 0.4) is 0 Å². The van der Waals surface area contributed by atoms with E-state index in [0.717, 1.165) is 24.5 Å². The number of rotatable bonds is 2. The highest BCUT2D eigenvalue weighted by molar-refractivity contribution is 5.59. The monoisotopic (exact) mass is 225 g/mol. The summed E-state index contributed by atoms with van der Waals surface area (Å²) in [4.78, 5) is 0. The number of benzene rings is 2. The molecule has 0 atom stereocenters. The minimum Gasteiger partial charge on any atom is -0.399 e. The number of hydrogen-bond acceptors (Lipinski definition) is 3. The summed E-state index contributed by atoms with van der Waals surface area (Å²) >= 11 is 0. The Balaban J connectivity index is 1.74. The zero-order valence-electron chi connectivity index (χ0n) is 9.56. The highest BCUT2D eigenvalue weighted by Crippen LogP contribution is 2.27. The molecule has 1 aliphatic heterocycles. The molecule has 3 nitrogen and oxygen atoms in total. The summed E-state index contributed by atoms with van der Waals surface area (Å²) in [5, 5.41) is 2.19. The van der Waals surface area contributed by atoms with Gasteiger partial charge in [-0.1, -0.05) is 30.3 Å². The van der Waals surface area contributed by atoms with Crippen LogP contribution >= 0.6 is 0 Å². The smallest absolute Gasteiger partial charge is 0.0537 e. The quantitative estimate of drug-likeness (QED) is 0.772. The number of nitrogens with two attached hydrogens (primary N) is 1. The minimum absolute atomic E-state index is 0.826. The summed E-state index contributed by atoms with van der Waals surface area (Å²) < 4.78 is 0. The normalized spacial score (nSPS) is 14.4. The summed E-state index contributed by atoms with van der Waals surface area (Å²) in [5.41, 5.74) is 13.7. The molecule has 0 fully saturated rings. The molecule has 2 aromatic rings. The molecule has 0 radical (unpaired) electrons. The number of anilines is 2. The van der Waals surface area contributed by atoms with Gasteiger partial charge in [-0.15, -0.1) is 0 Å². The van der Waals surface area contributed by atoms with Crippen LogP contribution in [0.1, 0.15) is 11.1 Å². The highest BCUT2D eigenvalue weighted by atomic mass is 15.5. The second-order valence-corrected chi connectivity index (χ2v) is 4.37. The fourth-order valence-electron chi connectivity index (χ4n) is 2.17. The molecule has 0 aliphatic carbocycles. The molecule has 0 amide bonds. The number of hydrogen-bond donors (Lipinski definition) is 2. The SMILES string of the molecule is Nc1ccc2c(c1)CN(Cc1ccccc1)N2. The van der Waals surface area contributed by atoms with E-state index in [1.165, 1.54) is 11.1 Å². The van der Waals surface area contributed by atoms with Crippen LogP contribution in [0.15, 0.2) is 48.5 Å². The Kier molecular flexibility index (Phi) is 2.46. The van der Waals surface area contributed by atoms with Crippen molar-refractivity contribution in [2.75, 3.05) is 11.2 Å². The number of fused-ring (bicyclic) bond motifs is 1. The zero-order valence-corrected chi connectivity index (χ0v) is 9.56. The van der Waals surface area contributed by atoms with Crippen molar-refractivity contribution in [1.29, 1.82) is 0 Å². The second kappa shape index (κ2) is 4.11. The number of nitrogens with zero attached hydrogens (tertiary/aromatic N) is 1. The fourth-order valence-corrected chi connectivity index (χ4v) is 2.17. The molecule has 3 N–H and O–H groups in total. The Labute approximate surface area is 101 Å². The Hall–Kier alpha value is -2.00. The highest BCUT2D eigenvalue weighted by Gasteiger charge is 2.17. The first-order valence-corrected chi connectivity index (χ1v) is 5.75. The van der Waals surface area contributed by atoms with E-state index in [4.69, 9.17) is 5.73 Å². The molecular formula is C14H15N3. The van der Waals surface area contributed by atoms with Crippen molar-refractivity contribution < 1.29 is 0 Å². The number of hydrazine groups is 1. The van der Waals surface area contributed by atoms with Crippen molar-refractivity contribution in [1.82, 2.24) is 5.01 Å². The van der Waals surface area contributed by atoms with Gasteiger partial charge in [-0.25, -0.2) is 5.01 Å². The summed E-state index contributed by atoms with van der Waals surface area (Å²) in [6.07, 6.45) is 0. The lowest BCUT2D eigenvalue weighted by Crippen LogP contribution is -2.22. The molecule has 0 saturated carbocycles. The van der Waals surface area contributed by atoms with E-state index in [0.29, 0.717) is 0 Å². The van der Waals surface area contributed by atoms with Crippen LogP contribution in [0.4, 0.5) is 11.4 Å². The minimum atomic E-state index is 0.826. The van der Waals surface area contributed by atoms with E-state index >= 15 is 0 Å². The standard InChI is InChI=1S/C14H15N3/c15-13-6-7-14-12(8-13)10-17(16-14)9-11-4-2-1-3-5-11/h1-8,16H,9-10,15H2. The summed E-state index contributed by atoms with van der Waals surface area (Å²) in [7, 11) is 0. The average molecular weight is 225 g/mol. The molecule has 1 heterocycles. The third-order valence-corrected chi connectivity index (χ3v) is 2.99. The van der Waals surface area contributed by atoms with Gasteiger partial charge < -0.3 is 11.2 Å². The van der Waals surface area contributed by atoms with Crippen molar-refractivity contribution in [3.8, 4) is 0 Å². The molecule has 3 heteroatoms. The van der Waals surface area contributed by atoms with Gasteiger partial charge in [-0.2, -0.15) is 0 Å². The molecule has 0 spiro atoms. The molecule has 17 heavy (non-hydrogen) atoms. The maximum Gasteiger partial charge on any atom is 0.0537 e. The van der Waals surface area contributed by atoms with Gasteiger partial charge in [-0.3, -0.25) is 0 Å². The van der Waals surface area contributed by atoms with E-state index in [9.17, 15) is 0 Å². The Morgan fingerprint density at radius 1 is 1.12 bits per heavy atom. The third kappa shape index (κ3) is 2.10. The summed E-state index contributed by atoms with van der Waals surface area (Å²) in [6.45, 7) is 1.80. The maximum atomic E-state index is 5.78. The second-order valence-electron chi connectivity index (χ2n) is 4.37. The van der Waals surface area contributed by atoms with Crippen molar-refractivity contribution in [3.05, 3.63) is 59.7 Å². The van der Waals surface area contributed by atoms with E-state index in [1.807, 2.05) is 24.3 Å². The summed E-state index contributed by atoms with van der Waals surface area (Å²) in [5.74, 6) is 0. The average Bonchev–Trinajstić information content (AvgIpc) is 2.71. The predicted molar refractivity (Wildman–Crippen MR) is 70.2 cm³/mol. The Morgan fingerprint density at radius 2 is 1.94 bits per heavy atom. The fraction of sp³-hybridized carbons (Fsp3) is 0.143. The number of nitrogens with one attached hydrogen (secondary N) is 1. The lowest BCUT2D eigenvalue weighted by Gasteiger charge is -2.15. The van der Waals surface area contributed by atoms with Gasteiger partial charge in [0.1, 0.15) is 0 Å². The summed E-state index contributed by atoms with van der Waals surface area (Å²) in [6, 6.07) is 16.4. The van der Waals surface area contributed by atoms with Crippen molar-refractivity contribution >= 4 is 11.4 Å². The Bertz CT molecular complexity index is 522. The van der Waals surface area contributed by atoms with Crippen LogP contribution in [0.25, 0.3) is 0 Å². The van der Waals surface area contributed by atoms with Gasteiger partial charge in [0.2, 0.25) is 0 Å². The maximum absolute atomic E-state index is 5.78. The topological polar surface area (TPSA) is 41.3 Å². The van der Waals surface area contributed by atoms with Crippen LogP contribution in [0.2, 0.25) is 0 Å². The lowest BCUT2D eigenvalue weighted by molar-refractivity contribution is 0.335. The van der Waals surface area contributed by atoms with Gasteiger partial charge in [0.05, 0.1) is 5.69 Å². The largest absolute Gasteiger partial charge is 0.399 e. The van der Waals surface area contributed by atoms with Crippen molar-refractivity contribution in [2.24, 2.45) is 0 Å². The van der Waals surface area contributed by atoms with Crippen LogP contribution in [-0.4, -0.2) is 5.01 Å². The van der Waals surface area contributed by atoms with Gasteiger partial charge in [-0.05, 0) is 29.3 Å². The van der Waals surface area contributed by atoms with E-state index in [2.05, 4.69) is 34.7 Å². The molecule has 3 rings (SSSR count). The number of nitrogen functional groups attached to an aromatic ring is 1. The van der Waals surface area contributed by atoms with Crippen molar-refractivity contribution in [2.45, 2.75) is 13.1 Å². The van der Waals surface area contributed by atoms with E-state index in [1.54, 1.807) is 0 Å².